The van der Waals surface area contributed by atoms with Gasteiger partial charge in [0, 0.05) is 20.1 Å². The summed E-state index contributed by atoms with van der Waals surface area (Å²) in [5, 5.41) is 19.4. The predicted molar refractivity (Wildman–Crippen MR) is 131 cm³/mol. The van der Waals surface area contributed by atoms with Crippen LogP contribution in [0.4, 0.5) is 11.4 Å². The molecule has 0 unspecified atom stereocenters. The van der Waals surface area contributed by atoms with E-state index in [1.54, 1.807) is 6.26 Å². The average molecular weight is 475 g/mol. The fourth-order valence-electron chi connectivity index (χ4n) is 4.88. The summed E-state index contributed by atoms with van der Waals surface area (Å²) in [7, 11) is 3.76. The largest absolute Gasteiger partial charge is 0.461 e. The van der Waals surface area contributed by atoms with Crippen molar-refractivity contribution in [1.82, 2.24) is 14.8 Å². The summed E-state index contributed by atoms with van der Waals surface area (Å²) < 4.78 is 7.73. The van der Waals surface area contributed by atoms with Gasteiger partial charge < -0.3 is 14.2 Å². The molecule has 1 aliphatic carbocycles. The SMILES string of the molecule is CN1C(=C(C#N)C(=O)CSc2nnc(-c3ccco3)n2C2CCCCC2)N(C)c2ccccc21. The van der Waals surface area contributed by atoms with Gasteiger partial charge in [-0.2, -0.15) is 5.26 Å². The molecule has 0 saturated heterocycles. The lowest BCUT2D eigenvalue weighted by atomic mass is 9.95. The highest BCUT2D eigenvalue weighted by molar-refractivity contribution is 7.99. The summed E-state index contributed by atoms with van der Waals surface area (Å²) in [5.41, 5.74) is 2.07. The van der Waals surface area contributed by atoms with Gasteiger partial charge in [0.05, 0.1) is 23.4 Å². The zero-order chi connectivity index (χ0) is 23.7. The molecule has 3 heterocycles. The van der Waals surface area contributed by atoms with Crippen LogP contribution in [-0.2, 0) is 4.79 Å². The molecule has 3 aromatic rings. The molecular weight excluding hydrogens is 448 g/mol. The molecule has 1 aliphatic heterocycles. The monoisotopic (exact) mass is 474 g/mol. The van der Waals surface area contributed by atoms with Crippen molar-refractivity contribution < 1.29 is 9.21 Å². The number of carbonyl (C=O) groups excluding carboxylic acids is 1. The number of benzene rings is 1. The highest BCUT2D eigenvalue weighted by atomic mass is 32.2. The number of thioether (sulfide) groups is 1. The number of para-hydroxylation sites is 2. The number of allylic oxidation sites excluding steroid dienone is 1. The van der Waals surface area contributed by atoms with Crippen molar-refractivity contribution in [2.75, 3.05) is 29.6 Å². The minimum absolute atomic E-state index is 0.105. The fourth-order valence-corrected chi connectivity index (χ4v) is 5.75. The van der Waals surface area contributed by atoms with Gasteiger partial charge in [-0.1, -0.05) is 43.2 Å². The van der Waals surface area contributed by atoms with Gasteiger partial charge in [-0.25, -0.2) is 0 Å². The predicted octanol–water partition coefficient (Wildman–Crippen LogP) is 5.03. The first kappa shape index (κ1) is 22.3. The summed E-state index contributed by atoms with van der Waals surface area (Å²) >= 11 is 1.33. The van der Waals surface area contributed by atoms with Crippen LogP contribution in [-0.4, -0.2) is 40.4 Å². The number of ketones is 1. The van der Waals surface area contributed by atoms with E-state index in [9.17, 15) is 10.1 Å². The molecule has 1 fully saturated rings. The van der Waals surface area contributed by atoms with Gasteiger partial charge >= 0.3 is 0 Å². The van der Waals surface area contributed by atoms with Crippen LogP contribution in [0.25, 0.3) is 11.6 Å². The second-order valence-corrected chi connectivity index (χ2v) is 9.52. The molecule has 2 aliphatic rings. The minimum atomic E-state index is -0.230. The molecule has 8 nitrogen and oxygen atoms in total. The normalized spacial score (nSPS) is 16.0. The van der Waals surface area contributed by atoms with Crippen molar-refractivity contribution in [2.24, 2.45) is 0 Å². The molecule has 9 heteroatoms. The van der Waals surface area contributed by atoms with Crippen molar-refractivity contribution in [1.29, 1.82) is 5.26 Å². The molecule has 1 saturated carbocycles. The number of hydrogen-bond donors (Lipinski definition) is 0. The summed E-state index contributed by atoms with van der Waals surface area (Å²) in [6.07, 6.45) is 7.28. The van der Waals surface area contributed by atoms with Gasteiger partial charge in [-0.3, -0.25) is 9.36 Å². The maximum atomic E-state index is 13.3. The standard InChI is InChI=1S/C25H26N6O2S/c1-29-19-11-6-7-12-20(19)30(2)24(29)18(15-26)21(32)16-34-25-28-27-23(22-13-8-14-33-22)31(25)17-9-4-3-5-10-17/h6-8,11-14,17H,3-5,9-10,16H2,1-2H3. The van der Waals surface area contributed by atoms with Crippen LogP contribution < -0.4 is 9.80 Å². The molecule has 174 valence electrons. The van der Waals surface area contributed by atoms with E-state index in [1.165, 1.54) is 18.2 Å². The van der Waals surface area contributed by atoms with Crippen LogP contribution in [0.1, 0.15) is 38.1 Å². The van der Waals surface area contributed by atoms with Gasteiger partial charge in [-0.05, 0) is 37.1 Å². The molecule has 34 heavy (non-hydrogen) atoms. The summed E-state index contributed by atoms with van der Waals surface area (Å²) in [6, 6.07) is 14.0. The van der Waals surface area contributed by atoms with Crippen LogP contribution in [0.5, 0.6) is 0 Å². The van der Waals surface area contributed by atoms with E-state index in [1.807, 2.05) is 60.3 Å². The molecule has 0 N–H and O–H groups in total. The van der Waals surface area contributed by atoms with Gasteiger partial charge in [0.25, 0.3) is 0 Å². The quantitative estimate of drug-likeness (QED) is 0.279. The van der Waals surface area contributed by atoms with E-state index in [0.717, 1.165) is 37.1 Å². The van der Waals surface area contributed by atoms with Crippen molar-refractivity contribution in [3.8, 4) is 17.7 Å². The zero-order valence-electron chi connectivity index (χ0n) is 19.3. The number of nitrogens with zero attached hydrogens (tertiary/aromatic N) is 6. The lowest BCUT2D eigenvalue weighted by molar-refractivity contribution is -0.112. The first-order valence-corrected chi connectivity index (χ1v) is 12.4. The Morgan fingerprint density at radius 1 is 1.09 bits per heavy atom. The number of aromatic nitrogens is 3. The maximum Gasteiger partial charge on any atom is 0.200 e. The van der Waals surface area contributed by atoms with E-state index < -0.39 is 0 Å². The van der Waals surface area contributed by atoms with Crippen LogP contribution in [0, 0.1) is 11.3 Å². The third kappa shape index (κ3) is 3.88. The van der Waals surface area contributed by atoms with Crippen LogP contribution >= 0.6 is 11.8 Å². The Kier molecular flexibility index (Phi) is 6.16. The lowest BCUT2D eigenvalue weighted by Gasteiger charge is -2.25. The minimum Gasteiger partial charge on any atom is -0.461 e. The number of rotatable bonds is 6. The van der Waals surface area contributed by atoms with Crippen molar-refractivity contribution in [3.05, 3.63) is 54.1 Å². The van der Waals surface area contributed by atoms with Crippen LogP contribution in [0.15, 0.2) is 63.6 Å². The summed E-state index contributed by atoms with van der Waals surface area (Å²) in [6.45, 7) is 0. The Bertz CT molecular complexity index is 1240. The van der Waals surface area contributed by atoms with Gasteiger partial charge in [0.1, 0.15) is 17.5 Å². The molecule has 0 spiro atoms. The van der Waals surface area contributed by atoms with Crippen molar-refractivity contribution >= 4 is 28.9 Å². The Hall–Kier alpha value is -3.51. The fraction of sp³-hybridized carbons (Fsp3) is 0.360. The zero-order valence-corrected chi connectivity index (χ0v) is 20.1. The number of furan rings is 1. The number of nitriles is 1. The molecule has 1 aromatic carbocycles. The van der Waals surface area contributed by atoms with E-state index in [2.05, 4.69) is 20.8 Å². The van der Waals surface area contributed by atoms with Crippen LogP contribution in [0.3, 0.4) is 0 Å². The second kappa shape index (κ2) is 9.39. The average Bonchev–Trinajstić information content (AvgIpc) is 3.60. The summed E-state index contributed by atoms with van der Waals surface area (Å²) in [5.74, 6) is 1.83. The van der Waals surface area contributed by atoms with E-state index in [0.29, 0.717) is 22.6 Å². The van der Waals surface area contributed by atoms with Gasteiger partial charge in [0.2, 0.25) is 5.82 Å². The second-order valence-electron chi connectivity index (χ2n) is 8.57. The molecule has 0 amide bonds. The number of Topliss-reactive ketones (excluding diaryl/α,β-unsaturated/α-hetero) is 1. The Labute approximate surface area is 202 Å². The molecule has 0 radical (unpaired) electrons. The van der Waals surface area contributed by atoms with E-state index >= 15 is 0 Å². The summed E-state index contributed by atoms with van der Waals surface area (Å²) in [4.78, 5) is 17.1. The number of fused-ring (bicyclic) bond motifs is 1. The van der Waals surface area contributed by atoms with Gasteiger partial charge in [0.15, 0.2) is 16.7 Å². The van der Waals surface area contributed by atoms with E-state index in [4.69, 9.17) is 4.42 Å². The molecule has 0 atom stereocenters. The van der Waals surface area contributed by atoms with Gasteiger partial charge in [-0.15, -0.1) is 10.2 Å². The Morgan fingerprint density at radius 3 is 2.41 bits per heavy atom. The molecule has 5 rings (SSSR count). The van der Waals surface area contributed by atoms with Crippen LogP contribution in [0.2, 0.25) is 0 Å². The van der Waals surface area contributed by atoms with Crippen molar-refractivity contribution in [3.63, 3.8) is 0 Å². The number of anilines is 2. The maximum absolute atomic E-state index is 13.3. The topological polar surface area (TPSA) is 91.2 Å². The smallest absolute Gasteiger partial charge is 0.200 e. The number of hydrogen-bond acceptors (Lipinski definition) is 8. The van der Waals surface area contributed by atoms with Crippen molar-refractivity contribution in [2.45, 2.75) is 43.3 Å². The molecule has 0 bridgehead atoms. The highest BCUT2D eigenvalue weighted by Crippen LogP contribution is 2.41. The first-order chi connectivity index (χ1) is 16.6. The first-order valence-electron chi connectivity index (χ1n) is 11.5. The third-order valence-corrected chi connectivity index (χ3v) is 7.48. The number of carbonyl (C=O) groups is 1. The Morgan fingerprint density at radius 2 is 1.79 bits per heavy atom. The third-order valence-electron chi connectivity index (χ3n) is 6.53. The highest BCUT2D eigenvalue weighted by Gasteiger charge is 2.32. The van der Waals surface area contributed by atoms with E-state index in [-0.39, 0.29) is 23.2 Å². The lowest BCUT2D eigenvalue weighted by Crippen LogP contribution is -2.26. The molecular formula is C25H26N6O2S. The Balaban J connectivity index is 1.41. The molecule has 2 aromatic heterocycles.